The Hall–Kier alpha value is -6.39. The zero-order valence-corrected chi connectivity index (χ0v) is 25.5. The van der Waals surface area contributed by atoms with Crippen LogP contribution in [0.1, 0.15) is 0 Å². The number of hydrogen-bond acceptors (Lipinski definition) is 1. The molecule has 10 rings (SSSR count). The van der Waals surface area contributed by atoms with Crippen LogP contribution in [0.5, 0.6) is 0 Å². The molecule has 47 heavy (non-hydrogen) atoms. The molecule has 0 aliphatic heterocycles. The van der Waals surface area contributed by atoms with E-state index in [9.17, 15) is 0 Å². The highest BCUT2D eigenvalue weighted by atomic mass is 15.0. The van der Waals surface area contributed by atoms with Crippen LogP contribution in [-0.2, 0) is 0 Å². The van der Waals surface area contributed by atoms with E-state index in [0.717, 1.165) is 28.3 Å². The van der Waals surface area contributed by atoms with Gasteiger partial charge in [0.1, 0.15) is 0 Å². The quantitative estimate of drug-likeness (QED) is 0.197. The normalized spacial score (nSPS) is 11.8. The number of fused-ring (bicyclic) bond motifs is 9. The van der Waals surface area contributed by atoms with Crippen molar-refractivity contribution in [1.29, 1.82) is 0 Å². The van der Waals surface area contributed by atoms with Crippen LogP contribution in [0.15, 0.2) is 170 Å². The number of aromatic nitrogens is 4. The van der Waals surface area contributed by atoms with Gasteiger partial charge in [0.2, 0.25) is 0 Å². The van der Waals surface area contributed by atoms with Crippen molar-refractivity contribution in [2.24, 2.45) is 0 Å². The Morgan fingerprint density at radius 1 is 0.383 bits per heavy atom. The molecule has 4 heteroatoms. The van der Waals surface area contributed by atoms with Crippen LogP contribution in [0.2, 0.25) is 0 Å². The molecular formula is C43H28N4. The number of hydrogen-bond donors (Lipinski definition) is 0. The third-order valence-corrected chi connectivity index (χ3v) is 9.54. The third-order valence-electron chi connectivity index (χ3n) is 9.54. The van der Waals surface area contributed by atoms with Crippen LogP contribution < -0.4 is 0 Å². The Kier molecular flexibility index (Phi) is 5.54. The van der Waals surface area contributed by atoms with E-state index in [1.165, 1.54) is 54.4 Å². The van der Waals surface area contributed by atoms with Gasteiger partial charge in [-0.05, 0) is 66.0 Å². The highest BCUT2D eigenvalue weighted by Gasteiger charge is 2.19. The van der Waals surface area contributed by atoms with Crippen molar-refractivity contribution in [2.45, 2.75) is 0 Å². The molecule has 220 valence electrons. The van der Waals surface area contributed by atoms with Crippen molar-refractivity contribution in [3.63, 3.8) is 0 Å². The largest absolute Gasteiger partial charge is 0.316 e. The average Bonchev–Trinajstić information content (AvgIpc) is 3.87. The summed E-state index contributed by atoms with van der Waals surface area (Å²) in [6.45, 7) is 0. The topological polar surface area (TPSA) is 27.7 Å². The fourth-order valence-electron chi connectivity index (χ4n) is 7.45. The SMILES string of the molecule is c1ccc(-c2ccc(-n3ccc4c5c(ccn5-c5ccccc5)c5cc(-n6c7ccccc7c7ccccc76)ccc5c43)cn2)cc1. The van der Waals surface area contributed by atoms with E-state index in [1.54, 1.807) is 0 Å². The predicted octanol–water partition coefficient (Wildman–Crippen LogP) is 10.9. The van der Waals surface area contributed by atoms with Crippen LogP contribution in [-0.4, -0.2) is 18.7 Å². The Morgan fingerprint density at radius 3 is 1.64 bits per heavy atom. The highest BCUT2D eigenvalue weighted by Crippen LogP contribution is 2.41. The summed E-state index contributed by atoms with van der Waals surface area (Å²) in [6.07, 6.45) is 6.38. The first kappa shape index (κ1) is 25.9. The summed E-state index contributed by atoms with van der Waals surface area (Å²) in [5, 5.41) is 7.39. The molecule has 6 aromatic carbocycles. The van der Waals surface area contributed by atoms with E-state index < -0.39 is 0 Å². The summed E-state index contributed by atoms with van der Waals surface area (Å²) in [5.41, 5.74) is 10.2. The lowest BCUT2D eigenvalue weighted by molar-refractivity contribution is 1.10. The lowest BCUT2D eigenvalue weighted by atomic mass is 10.0. The second-order valence-electron chi connectivity index (χ2n) is 12.1. The van der Waals surface area contributed by atoms with Crippen LogP contribution in [0, 0.1) is 0 Å². The minimum atomic E-state index is 0.965. The van der Waals surface area contributed by atoms with Gasteiger partial charge in [0.15, 0.2) is 0 Å². The molecule has 0 N–H and O–H groups in total. The molecule has 0 fully saturated rings. The lowest BCUT2D eigenvalue weighted by Crippen LogP contribution is -1.98. The summed E-state index contributed by atoms with van der Waals surface area (Å²) < 4.78 is 7.02. The second-order valence-corrected chi connectivity index (χ2v) is 12.1. The Bertz CT molecular complexity index is 2710. The summed E-state index contributed by atoms with van der Waals surface area (Å²) in [6, 6.07) is 54.1. The highest BCUT2D eigenvalue weighted by molar-refractivity contribution is 6.25. The molecule has 0 bridgehead atoms. The van der Waals surface area contributed by atoms with Crippen molar-refractivity contribution in [2.75, 3.05) is 0 Å². The van der Waals surface area contributed by atoms with Gasteiger partial charge in [-0.15, -0.1) is 0 Å². The van der Waals surface area contributed by atoms with Crippen molar-refractivity contribution in [3.8, 4) is 28.3 Å². The number of para-hydroxylation sites is 3. The van der Waals surface area contributed by atoms with E-state index in [1.807, 2.05) is 12.3 Å². The van der Waals surface area contributed by atoms with Crippen LogP contribution >= 0.6 is 0 Å². The molecule has 0 radical (unpaired) electrons. The summed E-state index contributed by atoms with van der Waals surface area (Å²) in [4.78, 5) is 4.89. The Morgan fingerprint density at radius 2 is 0.957 bits per heavy atom. The molecule has 0 saturated heterocycles. The van der Waals surface area contributed by atoms with E-state index in [2.05, 4.69) is 172 Å². The summed E-state index contributed by atoms with van der Waals surface area (Å²) >= 11 is 0. The zero-order valence-electron chi connectivity index (χ0n) is 25.5. The first-order valence-corrected chi connectivity index (χ1v) is 16.0. The van der Waals surface area contributed by atoms with Gasteiger partial charge in [-0.25, -0.2) is 0 Å². The van der Waals surface area contributed by atoms with Crippen molar-refractivity contribution < 1.29 is 0 Å². The molecule has 4 heterocycles. The van der Waals surface area contributed by atoms with Gasteiger partial charge in [0.05, 0.1) is 39.6 Å². The van der Waals surface area contributed by atoms with E-state index >= 15 is 0 Å². The maximum absolute atomic E-state index is 4.89. The van der Waals surface area contributed by atoms with E-state index in [0.29, 0.717) is 0 Å². The molecule has 10 aromatic rings. The molecule has 0 aliphatic carbocycles. The predicted molar refractivity (Wildman–Crippen MR) is 195 cm³/mol. The maximum Gasteiger partial charge on any atom is 0.0703 e. The van der Waals surface area contributed by atoms with Gasteiger partial charge in [-0.3, -0.25) is 4.98 Å². The van der Waals surface area contributed by atoms with Gasteiger partial charge >= 0.3 is 0 Å². The standard InChI is InChI=1S/C43H28N4/c1-3-11-29(12-4-1)39-22-20-32(28-44-39)46-26-24-37-42(46)35-21-19-31(47-40-17-9-7-15-33(40)34-16-8-10-18-41(34)47)27-38(35)36-23-25-45(43(36)37)30-13-5-2-6-14-30/h1-28H. The first-order valence-electron chi connectivity index (χ1n) is 16.0. The van der Waals surface area contributed by atoms with Crippen LogP contribution in [0.25, 0.3) is 82.7 Å². The Labute approximate surface area is 271 Å². The summed E-state index contributed by atoms with van der Waals surface area (Å²) in [7, 11) is 0. The van der Waals surface area contributed by atoms with Crippen molar-refractivity contribution in [3.05, 3.63) is 170 Å². The van der Waals surface area contributed by atoms with E-state index in [4.69, 9.17) is 4.98 Å². The van der Waals surface area contributed by atoms with Crippen LogP contribution in [0.4, 0.5) is 0 Å². The molecule has 0 amide bonds. The molecule has 4 aromatic heterocycles. The number of rotatable bonds is 4. The van der Waals surface area contributed by atoms with Gasteiger partial charge < -0.3 is 13.7 Å². The van der Waals surface area contributed by atoms with Crippen LogP contribution in [0.3, 0.4) is 0 Å². The van der Waals surface area contributed by atoms with E-state index in [-0.39, 0.29) is 0 Å². The molecular weight excluding hydrogens is 573 g/mol. The minimum absolute atomic E-state index is 0.965. The van der Waals surface area contributed by atoms with Gasteiger partial charge in [0, 0.05) is 56.3 Å². The maximum atomic E-state index is 4.89. The second kappa shape index (κ2) is 10.1. The number of pyridine rings is 1. The average molecular weight is 601 g/mol. The number of nitrogens with zero attached hydrogens (tertiary/aromatic N) is 4. The molecule has 0 aliphatic rings. The fraction of sp³-hybridized carbons (Fsp3) is 0. The first-order chi connectivity index (χ1) is 23.3. The van der Waals surface area contributed by atoms with Crippen molar-refractivity contribution >= 4 is 54.4 Å². The minimum Gasteiger partial charge on any atom is -0.316 e. The Balaban J connectivity index is 1.27. The molecule has 0 saturated carbocycles. The third kappa shape index (κ3) is 3.85. The van der Waals surface area contributed by atoms with Crippen molar-refractivity contribution in [1.82, 2.24) is 18.7 Å². The monoisotopic (exact) mass is 600 g/mol. The molecule has 0 atom stereocenters. The molecule has 0 spiro atoms. The number of benzene rings is 6. The fourth-order valence-corrected chi connectivity index (χ4v) is 7.45. The van der Waals surface area contributed by atoms with Gasteiger partial charge in [-0.2, -0.15) is 0 Å². The smallest absolute Gasteiger partial charge is 0.0703 e. The zero-order chi connectivity index (χ0) is 30.9. The van der Waals surface area contributed by atoms with Gasteiger partial charge in [0.25, 0.3) is 0 Å². The van der Waals surface area contributed by atoms with Gasteiger partial charge in [-0.1, -0.05) is 91.0 Å². The molecule has 4 nitrogen and oxygen atoms in total. The lowest BCUT2D eigenvalue weighted by Gasteiger charge is -2.14. The molecule has 0 unspecified atom stereocenters. The summed E-state index contributed by atoms with van der Waals surface area (Å²) in [5.74, 6) is 0.